The highest BCUT2D eigenvalue weighted by Crippen LogP contribution is 2.16. The molecule has 0 saturated heterocycles. The molecule has 2 aromatic rings. The van der Waals surface area contributed by atoms with E-state index in [0.717, 1.165) is 5.56 Å². The van der Waals surface area contributed by atoms with Crippen molar-refractivity contribution in [3.63, 3.8) is 0 Å². The maximum atomic E-state index is 12.9. The summed E-state index contributed by atoms with van der Waals surface area (Å²) in [5.41, 5.74) is 6.85. The first-order valence-electron chi connectivity index (χ1n) is 5.38. The monoisotopic (exact) mass is 248 g/mol. The molecule has 0 spiro atoms. The van der Waals surface area contributed by atoms with Gasteiger partial charge in [0.15, 0.2) is 0 Å². The average molecular weight is 248 g/mol. The number of amides is 1. The minimum absolute atomic E-state index is 0.00253. The summed E-state index contributed by atoms with van der Waals surface area (Å²) in [5, 5.41) is 6.62. The largest absolute Gasteiger partial charge is 0.396 e. The van der Waals surface area contributed by atoms with Gasteiger partial charge in [0.1, 0.15) is 12.4 Å². The predicted octanol–water partition coefficient (Wildman–Crippen LogP) is 1.55. The van der Waals surface area contributed by atoms with Crippen LogP contribution in [-0.2, 0) is 11.3 Å². The number of nitrogens with two attached hydrogens (primary N) is 1. The number of nitrogen functional groups attached to an aromatic ring is 1. The van der Waals surface area contributed by atoms with E-state index in [1.807, 2.05) is 6.92 Å². The second-order valence-corrected chi connectivity index (χ2v) is 4.00. The standard InChI is InChI=1S/C12H13FN4O/c1-8-5-15-17(6-8)7-12(18)16-9-2-3-10(13)11(14)4-9/h2-6H,7,14H2,1H3,(H,16,18). The number of rotatable bonds is 3. The van der Waals surface area contributed by atoms with Gasteiger partial charge in [0.2, 0.25) is 5.91 Å². The van der Waals surface area contributed by atoms with E-state index in [-0.39, 0.29) is 18.1 Å². The van der Waals surface area contributed by atoms with Crippen LogP contribution in [0.1, 0.15) is 5.56 Å². The third kappa shape index (κ3) is 2.85. The normalized spacial score (nSPS) is 10.3. The fraction of sp³-hybridized carbons (Fsp3) is 0.167. The molecule has 0 radical (unpaired) electrons. The number of aromatic nitrogens is 2. The summed E-state index contributed by atoms with van der Waals surface area (Å²) < 4.78 is 14.5. The zero-order valence-electron chi connectivity index (χ0n) is 9.85. The van der Waals surface area contributed by atoms with Gasteiger partial charge in [-0.15, -0.1) is 0 Å². The number of hydrogen-bond donors (Lipinski definition) is 2. The van der Waals surface area contributed by atoms with Gasteiger partial charge in [-0.3, -0.25) is 9.48 Å². The minimum atomic E-state index is -0.504. The SMILES string of the molecule is Cc1cnn(CC(=O)Nc2ccc(F)c(N)c2)c1. The van der Waals surface area contributed by atoms with Gasteiger partial charge >= 0.3 is 0 Å². The molecular weight excluding hydrogens is 235 g/mol. The third-order valence-corrected chi connectivity index (χ3v) is 2.35. The van der Waals surface area contributed by atoms with Crippen LogP contribution < -0.4 is 11.1 Å². The fourth-order valence-corrected chi connectivity index (χ4v) is 1.52. The second kappa shape index (κ2) is 4.87. The molecule has 0 saturated carbocycles. The van der Waals surface area contributed by atoms with E-state index in [4.69, 9.17) is 5.73 Å². The molecule has 94 valence electrons. The van der Waals surface area contributed by atoms with E-state index in [2.05, 4.69) is 10.4 Å². The van der Waals surface area contributed by atoms with Crippen molar-refractivity contribution < 1.29 is 9.18 Å². The molecule has 1 aromatic carbocycles. The molecule has 1 aromatic heterocycles. The highest BCUT2D eigenvalue weighted by atomic mass is 19.1. The molecule has 18 heavy (non-hydrogen) atoms. The van der Waals surface area contributed by atoms with Crippen LogP contribution in [-0.4, -0.2) is 15.7 Å². The molecule has 1 heterocycles. The molecule has 0 aliphatic rings. The topological polar surface area (TPSA) is 72.9 Å². The molecule has 0 fully saturated rings. The van der Waals surface area contributed by atoms with Crippen LogP contribution in [0.25, 0.3) is 0 Å². The zero-order valence-corrected chi connectivity index (χ0v) is 9.85. The molecule has 3 N–H and O–H groups in total. The third-order valence-electron chi connectivity index (χ3n) is 2.35. The molecule has 0 atom stereocenters. The van der Waals surface area contributed by atoms with Crippen molar-refractivity contribution in [2.75, 3.05) is 11.1 Å². The number of aryl methyl sites for hydroxylation is 1. The Morgan fingerprint density at radius 2 is 2.33 bits per heavy atom. The van der Waals surface area contributed by atoms with Gasteiger partial charge in [0, 0.05) is 11.9 Å². The van der Waals surface area contributed by atoms with Gasteiger partial charge in [-0.25, -0.2) is 4.39 Å². The summed E-state index contributed by atoms with van der Waals surface area (Å²) in [6, 6.07) is 4.04. The first kappa shape index (κ1) is 12.1. The number of anilines is 2. The van der Waals surface area contributed by atoms with Gasteiger partial charge in [-0.2, -0.15) is 5.10 Å². The molecule has 2 rings (SSSR count). The Morgan fingerprint density at radius 1 is 1.56 bits per heavy atom. The Labute approximate surface area is 103 Å². The van der Waals surface area contributed by atoms with Crippen LogP contribution in [0.4, 0.5) is 15.8 Å². The summed E-state index contributed by atoms with van der Waals surface area (Å²) in [6.07, 6.45) is 3.43. The zero-order chi connectivity index (χ0) is 13.1. The van der Waals surface area contributed by atoms with Crippen LogP contribution in [0.2, 0.25) is 0 Å². The highest BCUT2D eigenvalue weighted by Gasteiger charge is 2.06. The van der Waals surface area contributed by atoms with Crippen molar-refractivity contribution in [1.29, 1.82) is 0 Å². The summed E-state index contributed by atoms with van der Waals surface area (Å²) in [7, 11) is 0. The summed E-state index contributed by atoms with van der Waals surface area (Å²) >= 11 is 0. The molecule has 0 unspecified atom stereocenters. The Hall–Kier alpha value is -2.37. The van der Waals surface area contributed by atoms with Crippen LogP contribution in [0.3, 0.4) is 0 Å². The smallest absolute Gasteiger partial charge is 0.246 e. The maximum Gasteiger partial charge on any atom is 0.246 e. The molecule has 0 aliphatic heterocycles. The summed E-state index contributed by atoms with van der Waals surface area (Å²) in [5.74, 6) is -0.750. The van der Waals surface area contributed by atoms with Crippen LogP contribution in [0.15, 0.2) is 30.6 Å². The Balaban J connectivity index is 2.00. The minimum Gasteiger partial charge on any atom is -0.396 e. The van der Waals surface area contributed by atoms with Crippen LogP contribution in [0.5, 0.6) is 0 Å². The fourth-order valence-electron chi connectivity index (χ4n) is 1.52. The van der Waals surface area contributed by atoms with Crippen LogP contribution >= 0.6 is 0 Å². The van der Waals surface area contributed by atoms with E-state index in [9.17, 15) is 9.18 Å². The first-order chi connectivity index (χ1) is 8.54. The van der Waals surface area contributed by atoms with Gasteiger partial charge in [-0.1, -0.05) is 0 Å². The second-order valence-electron chi connectivity index (χ2n) is 4.00. The van der Waals surface area contributed by atoms with Gasteiger partial charge in [0.05, 0.1) is 11.9 Å². The number of benzene rings is 1. The Morgan fingerprint density at radius 3 is 2.94 bits per heavy atom. The highest BCUT2D eigenvalue weighted by molar-refractivity contribution is 5.90. The van der Waals surface area contributed by atoms with Crippen molar-refractivity contribution in [2.24, 2.45) is 0 Å². The lowest BCUT2D eigenvalue weighted by Gasteiger charge is -2.06. The lowest BCUT2D eigenvalue weighted by molar-refractivity contribution is -0.116. The van der Waals surface area contributed by atoms with Gasteiger partial charge in [0.25, 0.3) is 0 Å². The lowest BCUT2D eigenvalue weighted by atomic mass is 10.2. The maximum absolute atomic E-state index is 12.9. The molecular formula is C12H13FN4O. The molecule has 5 nitrogen and oxygen atoms in total. The van der Waals surface area contributed by atoms with E-state index in [1.54, 1.807) is 12.4 Å². The van der Waals surface area contributed by atoms with Crippen molar-refractivity contribution in [1.82, 2.24) is 9.78 Å². The van der Waals surface area contributed by atoms with E-state index in [1.165, 1.54) is 22.9 Å². The van der Waals surface area contributed by atoms with E-state index >= 15 is 0 Å². The Kier molecular flexibility index (Phi) is 3.27. The average Bonchev–Trinajstić information content (AvgIpc) is 2.69. The number of carbonyl (C=O) groups is 1. The molecule has 0 aliphatic carbocycles. The van der Waals surface area contributed by atoms with Crippen molar-refractivity contribution in [3.8, 4) is 0 Å². The Bertz CT molecular complexity index is 579. The van der Waals surface area contributed by atoms with E-state index in [0.29, 0.717) is 5.69 Å². The molecule has 6 heteroatoms. The number of nitrogens with one attached hydrogen (secondary N) is 1. The molecule has 1 amide bonds. The quantitative estimate of drug-likeness (QED) is 0.809. The predicted molar refractivity (Wildman–Crippen MR) is 66.4 cm³/mol. The van der Waals surface area contributed by atoms with Gasteiger partial charge < -0.3 is 11.1 Å². The van der Waals surface area contributed by atoms with Crippen molar-refractivity contribution in [2.45, 2.75) is 13.5 Å². The van der Waals surface area contributed by atoms with E-state index < -0.39 is 5.82 Å². The summed E-state index contributed by atoms with van der Waals surface area (Å²) in [6.45, 7) is 1.99. The first-order valence-corrected chi connectivity index (χ1v) is 5.38. The van der Waals surface area contributed by atoms with Crippen LogP contribution in [0, 0.1) is 12.7 Å². The van der Waals surface area contributed by atoms with Crippen molar-refractivity contribution in [3.05, 3.63) is 42.0 Å². The lowest BCUT2D eigenvalue weighted by Crippen LogP contribution is -2.19. The number of nitrogens with zero attached hydrogens (tertiary/aromatic N) is 2. The number of carbonyl (C=O) groups excluding carboxylic acids is 1. The number of hydrogen-bond acceptors (Lipinski definition) is 3. The van der Waals surface area contributed by atoms with Crippen molar-refractivity contribution >= 4 is 17.3 Å². The number of halogens is 1. The molecule has 0 bridgehead atoms. The van der Waals surface area contributed by atoms with Gasteiger partial charge in [-0.05, 0) is 30.7 Å². The summed E-state index contributed by atoms with van der Waals surface area (Å²) in [4.78, 5) is 11.7.